The summed E-state index contributed by atoms with van der Waals surface area (Å²) in [4.78, 5) is 0. The molecule has 0 saturated carbocycles. The predicted octanol–water partition coefficient (Wildman–Crippen LogP) is -3.98. The number of rotatable bonds is 0. The van der Waals surface area contributed by atoms with Crippen molar-refractivity contribution >= 4 is 41.6 Å². The summed E-state index contributed by atoms with van der Waals surface area (Å²) < 4.78 is 131. The fourth-order valence-corrected chi connectivity index (χ4v) is 0. The first-order valence-electron chi connectivity index (χ1n) is 2.73. The Balaban J connectivity index is -0.0000000533. The van der Waals surface area contributed by atoms with Gasteiger partial charge in [-0.25, -0.2) is 33.7 Å². The second kappa shape index (κ2) is 12.7. The van der Waals surface area contributed by atoms with Gasteiger partial charge in [-0.2, -0.15) is 0 Å². The Morgan fingerprint density at radius 2 is 0.429 bits per heavy atom. The average molecular weight is 572 g/mol. The van der Waals surface area contributed by atoms with E-state index in [1.165, 1.54) is 0 Å². The van der Waals surface area contributed by atoms with Crippen LogP contribution in [0.3, 0.4) is 0 Å². The zero-order valence-corrected chi connectivity index (χ0v) is 14.9. The van der Waals surface area contributed by atoms with Gasteiger partial charge in [0.15, 0.2) is 0 Å². The van der Waals surface area contributed by atoms with Crippen LogP contribution in [0.2, 0.25) is 0 Å². The summed E-state index contributed by atoms with van der Waals surface area (Å²) in [6, 6.07) is 0. The van der Waals surface area contributed by atoms with E-state index in [1.807, 2.05) is 0 Å². The Morgan fingerprint density at radius 1 is 0.429 bits per heavy atom. The quantitative estimate of drug-likeness (QED) is 0.159. The fraction of sp³-hybridized carbons (Fsp3) is 0. The summed E-state index contributed by atoms with van der Waals surface area (Å²) in [5.41, 5.74) is 0. The summed E-state index contributed by atoms with van der Waals surface area (Å²) in [5.74, 6) is 0. The molecule has 21 heavy (non-hydrogen) atoms. The molecule has 0 fully saturated rings. The largest absolute Gasteiger partial charge is 4.00 e. The summed E-state index contributed by atoms with van der Waals surface area (Å²) >= 11 is 0. The van der Waals surface area contributed by atoms with Gasteiger partial charge in [-0.3, -0.25) is 18.2 Å². The van der Waals surface area contributed by atoms with Crippen LogP contribution in [0.15, 0.2) is 0 Å². The van der Waals surface area contributed by atoms with Crippen LogP contribution in [-0.2, 0) is 62.7 Å². The van der Waals surface area contributed by atoms with Gasteiger partial charge in [0.1, 0.15) is 0 Å². The van der Waals surface area contributed by atoms with Crippen molar-refractivity contribution in [2.24, 2.45) is 0 Å². The summed E-state index contributed by atoms with van der Waals surface area (Å²) in [7, 11) is -19.7. The van der Waals surface area contributed by atoms with Gasteiger partial charge in [-0.1, -0.05) is 0 Å². The second-order valence-corrected chi connectivity index (χ2v) is 5.13. The molecule has 0 aliphatic carbocycles. The minimum Gasteiger partial charge on any atom is -0.726 e. The molecule has 0 unspecified atom stereocenters. The molecule has 4 N–H and O–H groups in total. The normalized spacial score (nSPS) is 11.0. The molecule has 16 nitrogen and oxygen atoms in total. The first-order valence-corrected chi connectivity index (χ1v) is 8.19. The van der Waals surface area contributed by atoms with E-state index in [9.17, 15) is 0 Å². The fourth-order valence-electron chi connectivity index (χ4n) is 0. The predicted molar refractivity (Wildman–Crippen MR) is 49.3 cm³/mol. The zero-order chi connectivity index (χ0) is 18.0. The molecule has 0 aliphatic heterocycles. The summed E-state index contributed by atoms with van der Waals surface area (Å²) in [6.45, 7) is 0. The van der Waals surface area contributed by atoms with Gasteiger partial charge in [0.05, 0.1) is 0 Å². The van der Waals surface area contributed by atoms with Crippen molar-refractivity contribution in [3.8, 4) is 0 Å². The zero-order valence-electron chi connectivity index (χ0n) is 8.73. The average Bonchev–Trinajstić information content (AvgIpc) is 1.62. The third kappa shape index (κ3) is 235000. The van der Waals surface area contributed by atoms with Crippen molar-refractivity contribution in [1.82, 2.24) is 0 Å². The minimum absolute atomic E-state index is 0. The van der Waals surface area contributed by atoms with Gasteiger partial charge in [0, 0.05) is 0 Å². The van der Waals surface area contributed by atoms with E-state index in [2.05, 4.69) is 0 Å². The van der Waals surface area contributed by atoms with E-state index >= 15 is 0 Å². The Kier molecular flexibility index (Phi) is 19.9. The summed E-state index contributed by atoms with van der Waals surface area (Å²) in [6.07, 6.45) is 0. The van der Waals surface area contributed by atoms with Gasteiger partial charge in [0.2, 0.25) is 41.6 Å². The topological polar surface area (TPSA) is 310 Å². The van der Waals surface area contributed by atoms with E-state index in [0.29, 0.717) is 0 Å². The Morgan fingerprint density at radius 3 is 0.429 bits per heavy atom. The van der Waals surface area contributed by atoms with E-state index in [4.69, 9.17) is 70.1 Å². The minimum atomic E-state index is -4.92. The molecular weight excluding hydrogens is 568 g/mol. The van der Waals surface area contributed by atoms with Crippen molar-refractivity contribution in [3.05, 3.63) is 0 Å². The molecule has 0 bridgehead atoms. The third-order valence-corrected chi connectivity index (χ3v) is 0. The molecule has 21 heteroatoms. The molecule has 0 saturated heterocycles. The standard InChI is InChI=1S/4H2O4S.W/c4*1-5(2,3)4;/h4*(H2,1,2,3,4);/q;;;;+4/p-4. The van der Waals surface area contributed by atoms with Gasteiger partial charge in [-0.05, 0) is 0 Å². The number of hydrogen-bond donors (Lipinski definition) is 4. The molecule has 130 valence electrons. The van der Waals surface area contributed by atoms with Crippen molar-refractivity contribution < 1.29 is 91.2 Å². The van der Waals surface area contributed by atoms with E-state index in [0.717, 1.165) is 0 Å². The van der Waals surface area contributed by atoms with Crippen LogP contribution in [0.25, 0.3) is 0 Å². The molecule has 0 aromatic rings. The van der Waals surface area contributed by atoms with Crippen LogP contribution in [0.4, 0.5) is 0 Å². The maximum absolute atomic E-state index is 8.63. The van der Waals surface area contributed by atoms with Crippen molar-refractivity contribution in [1.29, 1.82) is 0 Å². The van der Waals surface area contributed by atoms with Gasteiger partial charge in [-0.15, -0.1) is 0 Å². The SMILES string of the molecule is O=S(=O)([O-])O.O=S(=O)([O-])O.O=S(=O)([O-])O.O=S(=O)([O-])O.[W+4]. The van der Waals surface area contributed by atoms with Crippen LogP contribution >= 0.6 is 0 Å². The monoisotopic (exact) mass is 572 g/mol. The van der Waals surface area contributed by atoms with Crippen LogP contribution < -0.4 is 0 Å². The second-order valence-electron chi connectivity index (χ2n) is 1.71. The van der Waals surface area contributed by atoms with Crippen molar-refractivity contribution in [2.45, 2.75) is 0 Å². The molecule has 0 aliphatic rings. The van der Waals surface area contributed by atoms with Crippen molar-refractivity contribution in [3.63, 3.8) is 0 Å². The smallest absolute Gasteiger partial charge is 0.726 e. The van der Waals surface area contributed by atoms with Crippen molar-refractivity contribution in [2.75, 3.05) is 0 Å². The molecule has 0 amide bonds. The number of hydrogen-bond acceptors (Lipinski definition) is 12. The molecule has 0 atom stereocenters. The molecule has 0 aromatic carbocycles. The summed E-state index contributed by atoms with van der Waals surface area (Å²) in [5, 5.41) is 0. The molecule has 0 heterocycles. The molecular formula is H4O16S4W. The Hall–Kier alpha value is 0.168. The van der Waals surface area contributed by atoms with Crippen LogP contribution in [-0.4, -0.2) is 70.1 Å². The van der Waals surface area contributed by atoms with E-state index in [-0.39, 0.29) is 21.1 Å². The van der Waals surface area contributed by atoms with Gasteiger partial charge >= 0.3 is 21.1 Å². The molecule has 0 spiro atoms. The molecule has 0 rings (SSSR count). The van der Waals surface area contributed by atoms with Gasteiger partial charge in [0.25, 0.3) is 0 Å². The van der Waals surface area contributed by atoms with Gasteiger partial charge < -0.3 is 18.2 Å². The Bertz CT molecular complexity index is 473. The maximum atomic E-state index is 8.63. The van der Waals surface area contributed by atoms with Crippen LogP contribution in [0.1, 0.15) is 0 Å². The maximum Gasteiger partial charge on any atom is 4.00 e. The van der Waals surface area contributed by atoms with E-state index in [1.54, 1.807) is 0 Å². The molecule has 0 aromatic heterocycles. The third-order valence-electron chi connectivity index (χ3n) is 0. The van der Waals surface area contributed by atoms with Crippen LogP contribution in [0.5, 0.6) is 0 Å². The first-order chi connectivity index (χ1) is 8.00. The van der Waals surface area contributed by atoms with Crippen LogP contribution in [0, 0.1) is 0 Å². The molecule has 0 radical (unpaired) electrons. The first kappa shape index (κ1) is 32.9. The Labute approximate surface area is 132 Å². The van der Waals surface area contributed by atoms with E-state index < -0.39 is 41.6 Å².